The molecule has 1 amide bonds. The maximum absolute atomic E-state index is 12.8. The number of para-hydroxylation sites is 1. The van der Waals surface area contributed by atoms with Gasteiger partial charge in [0.2, 0.25) is 5.91 Å². The molecule has 1 aliphatic heterocycles. The topological polar surface area (TPSA) is 81.5 Å². The summed E-state index contributed by atoms with van der Waals surface area (Å²) in [5.74, 6) is 1.98. The summed E-state index contributed by atoms with van der Waals surface area (Å²) in [5.41, 5.74) is 4.07. The molecular formula is C31H35N5O3S. The lowest BCUT2D eigenvalue weighted by molar-refractivity contribution is -0.113. The number of hydrogen-bond donors (Lipinski definition) is 1. The molecule has 1 fully saturated rings. The van der Waals surface area contributed by atoms with E-state index < -0.39 is 0 Å². The number of benzene rings is 3. The van der Waals surface area contributed by atoms with Crippen molar-refractivity contribution in [3.8, 4) is 11.4 Å². The molecule has 40 heavy (non-hydrogen) atoms. The normalized spacial score (nSPS) is 14.2. The molecule has 8 nitrogen and oxygen atoms in total. The number of aromatic nitrogens is 3. The number of amides is 1. The number of ether oxygens (including phenoxy) is 2. The Hall–Kier alpha value is -3.82. The Bertz CT molecular complexity index is 1390. The number of nitrogens with one attached hydrogen (secondary N) is 1. The zero-order valence-electron chi connectivity index (χ0n) is 23.1. The summed E-state index contributed by atoms with van der Waals surface area (Å²) >= 11 is 1.34. The maximum atomic E-state index is 12.8. The van der Waals surface area contributed by atoms with Crippen LogP contribution in [0, 0.1) is 0 Å². The van der Waals surface area contributed by atoms with Gasteiger partial charge in [0.1, 0.15) is 5.75 Å². The van der Waals surface area contributed by atoms with Crippen LogP contribution in [-0.4, -0.2) is 52.7 Å². The lowest BCUT2D eigenvalue weighted by Gasteiger charge is -2.28. The molecule has 4 aromatic rings. The molecule has 1 N–H and O–H groups in total. The molecule has 3 aromatic carbocycles. The summed E-state index contributed by atoms with van der Waals surface area (Å²) in [6.07, 6.45) is -0.356. The number of rotatable bonds is 10. The fourth-order valence-corrected chi connectivity index (χ4v) is 5.31. The van der Waals surface area contributed by atoms with Crippen LogP contribution in [0.3, 0.4) is 0 Å². The Balaban J connectivity index is 1.26. The van der Waals surface area contributed by atoms with Gasteiger partial charge in [0.25, 0.3) is 0 Å². The third kappa shape index (κ3) is 6.84. The third-order valence-electron chi connectivity index (χ3n) is 6.76. The van der Waals surface area contributed by atoms with E-state index in [1.54, 1.807) is 0 Å². The van der Waals surface area contributed by atoms with E-state index in [0.717, 1.165) is 49.1 Å². The predicted molar refractivity (Wildman–Crippen MR) is 160 cm³/mol. The van der Waals surface area contributed by atoms with E-state index in [2.05, 4.69) is 46.4 Å². The fourth-order valence-electron chi connectivity index (χ4n) is 4.55. The first-order valence-electron chi connectivity index (χ1n) is 13.6. The number of morpholine rings is 1. The number of thioether (sulfide) groups is 1. The average Bonchev–Trinajstić information content (AvgIpc) is 3.42. The molecule has 1 aliphatic rings. The smallest absolute Gasteiger partial charge is 0.234 e. The molecule has 0 saturated carbocycles. The Labute approximate surface area is 239 Å². The molecule has 0 radical (unpaired) electrons. The largest absolute Gasteiger partial charge is 0.483 e. The Morgan fingerprint density at radius 2 is 1.62 bits per heavy atom. The van der Waals surface area contributed by atoms with Crippen molar-refractivity contribution in [2.45, 2.75) is 37.9 Å². The summed E-state index contributed by atoms with van der Waals surface area (Å²) < 4.78 is 13.6. The molecule has 2 heterocycles. The van der Waals surface area contributed by atoms with Gasteiger partial charge in [-0.3, -0.25) is 9.36 Å². The minimum absolute atomic E-state index is 0.108. The van der Waals surface area contributed by atoms with Crippen LogP contribution in [0.5, 0.6) is 5.75 Å². The first-order valence-corrected chi connectivity index (χ1v) is 14.6. The fraction of sp³-hybridized carbons (Fsp3) is 0.323. The Morgan fingerprint density at radius 1 is 0.925 bits per heavy atom. The van der Waals surface area contributed by atoms with Crippen LogP contribution in [0.1, 0.15) is 44.2 Å². The second-order valence-corrected chi connectivity index (χ2v) is 10.9. The predicted octanol–water partition coefficient (Wildman–Crippen LogP) is 6.10. The zero-order chi connectivity index (χ0) is 27.9. The standard InChI is InChI=1S/C31H35N5O3S/c1-22(2)24-9-15-28(16-10-24)39-23(3)30-33-34-31(36(30)27-7-5-4-6-8-27)40-21-29(37)32-25-11-13-26(14-12-25)35-17-19-38-20-18-35/h4-16,22-23H,17-21H2,1-3H3,(H,32,37). The van der Waals surface area contributed by atoms with E-state index >= 15 is 0 Å². The van der Waals surface area contributed by atoms with Crippen molar-refractivity contribution in [2.24, 2.45) is 0 Å². The van der Waals surface area contributed by atoms with Crippen LogP contribution in [0.15, 0.2) is 84.0 Å². The van der Waals surface area contributed by atoms with Crippen molar-refractivity contribution in [3.05, 3.63) is 90.3 Å². The summed E-state index contributed by atoms with van der Waals surface area (Å²) in [7, 11) is 0. The summed E-state index contributed by atoms with van der Waals surface area (Å²) in [4.78, 5) is 15.1. The van der Waals surface area contributed by atoms with Gasteiger partial charge >= 0.3 is 0 Å². The summed E-state index contributed by atoms with van der Waals surface area (Å²) in [6, 6.07) is 26.0. The average molecular weight is 558 g/mol. The van der Waals surface area contributed by atoms with Crippen molar-refractivity contribution in [2.75, 3.05) is 42.3 Å². The maximum Gasteiger partial charge on any atom is 0.234 e. The number of carbonyl (C=O) groups is 1. The second kappa shape index (κ2) is 13.0. The third-order valence-corrected chi connectivity index (χ3v) is 7.68. The number of hydrogen-bond acceptors (Lipinski definition) is 7. The van der Waals surface area contributed by atoms with Crippen molar-refractivity contribution in [3.63, 3.8) is 0 Å². The minimum atomic E-state index is -0.356. The van der Waals surface area contributed by atoms with Gasteiger partial charge in [-0.05, 0) is 66.9 Å². The molecule has 1 saturated heterocycles. The lowest BCUT2D eigenvalue weighted by Crippen LogP contribution is -2.36. The molecule has 0 spiro atoms. The molecule has 5 rings (SSSR count). The van der Waals surface area contributed by atoms with Crippen LogP contribution in [0.4, 0.5) is 11.4 Å². The Kier molecular flexibility index (Phi) is 9.03. The van der Waals surface area contributed by atoms with Gasteiger partial charge < -0.3 is 19.7 Å². The van der Waals surface area contributed by atoms with Crippen molar-refractivity contribution in [1.82, 2.24) is 14.8 Å². The molecular weight excluding hydrogens is 522 g/mol. The first kappa shape index (κ1) is 27.7. The molecule has 1 atom stereocenters. The number of nitrogens with zero attached hydrogens (tertiary/aromatic N) is 4. The highest BCUT2D eigenvalue weighted by Crippen LogP contribution is 2.29. The second-order valence-electron chi connectivity index (χ2n) is 9.98. The molecule has 0 bridgehead atoms. The lowest BCUT2D eigenvalue weighted by atomic mass is 10.0. The molecule has 0 aliphatic carbocycles. The van der Waals surface area contributed by atoms with Gasteiger partial charge in [-0.15, -0.1) is 10.2 Å². The quantitative estimate of drug-likeness (QED) is 0.236. The van der Waals surface area contributed by atoms with E-state index in [9.17, 15) is 4.79 Å². The molecule has 208 valence electrons. The minimum Gasteiger partial charge on any atom is -0.483 e. The van der Waals surface area contributed by atoms with Crippen LogP contribution in [0.2, 0.25) is 0 Å². The molecule has 9 heteroatoms. The number of anilines is 2. The molecule has 1 unspecified atom stereocenters. The van der Waals surface area contributed by atoms with Crippen molar-refractivity contribution >= 4 is 29.0 Å². The van der Waals surface area contributed by atoms with Crippen LogP contribution < -0.4 is 15.0 Å². The van der Waals surface area contributed by atoms with Gasteiger partial charge in [-0.25, -0.2) is 0 Å². The van der Waals surface area contributed by atoms with Crippen LogP contribution in [-0.2, 0) is 9.53 Å². The SMILES string of the molecule is CC(C)c1ccc(OC(C)c2nnc(SCC(=O)Nc3ccc(N4CCOCC4)cc3)n2-c2ccccc2)cc1. The van der Waals surface area contributed by atoms with Crippen LogP contribution in [0.25, 0.3) is 5.69 Å². The number of carbonyl (C=O) groups excluding carboxylic acids is 1. The van der Waals surface area contributed by atoms with E-state index in [0.29, 0.717) is 16.9 Å². The summed E-state index contributed by atoms with van der Waals surface area (Å²) in [6.45, 7) is 9.52. The highest BCUT2D eigenvalue weighted by molar-refractivity contribution is 7.99. The summed E-state index contributed by atoms with van der Waals surface area (Å²) in [5, 5.41) is 12.5. The van der Waals surface area contributed by atoms with E-state index in [1.807, 2.05) is 78.2 Å². The first-order chi connectivity index (χ1) is 19.5. The zero-order valence-corrected chi connectivity index (χ0v) is 23.9. The van der Waals surface area contributed by atoms with E-state index in [4.69, 9.17) is 9.47 Å². The van der Waals surface area contributed by atoms with Gasteiger partial charge in [-0.2, -0.15) is 0 Å². The van der Waals surface area contributed by atoms with Gasteiger partial charge in [0.05, 0.1) is 19.0 Å². The van der Waals surface area contributed by atoms with Gasteiger partial charge in [-0.1, -0.05) is 55.9 Å². The van der Waals surface area contributed by atoms with Crippen molar-refractivity contribution in [1.29, 1.82) is 0 Å². The highest BCUT2D eigenvalue weighted by atomic mass is 32.2. The van der Waals surface area contributed by atoms with Gasteiger partial charge in [0, 0.05) is 30.2 Å². The molecule has 1 aromatic heterocycles. The highest BCUT2D eigenvalue weighted by Gasteiger charge is 2.22. The van der Waals surface area contributed by atoms with Crippen LogP contribution >= 0.6 is 11.8 Å². The Morgan fingerprint density at radius 3 is 2.30 bits per heavy atom. The van der Waals surface area contributed by atoms with E-state index in [-0.39, 0.29) is 17.8 Å². The van der Waals surface area contributed by atoms with E-state index in [1.165, 1.54) is 17.3 Å². The van der Waals surface area contributed by atoms with Crippen molar-refractivity contribution < 1.29 is 14.3 Å². The van der Waals surface area contributed by atoms with Gasteiger partial charge in [0.15, 0.2) is 17.1 Å². The monoisotopic (exact) mass is 557 g/mol.